The van der Waals surface area contributed by atoms with E-state index in [1.165, 1.54) is 32.1 Å². The first-order valence-electron chi connectivity index (χ1n) is 6.73. The molecule has 96 valence electrons. The summed E-state index contributed by atoms with van der Waals surface area (Å²) >= 11 is 0. The zero-order chi connectivity index (χ0) is 13.0. The predicted molar refractivity (Wildman–Crippen MR) is 75.3 cm³/mol. The average Bonchev–Trinajstić information content (AvgIpc) is 2.86. The third-order valence-electron chi connectivity index (χ3n) is 4.23. The second-order valence-corrected chi connectivity index (χ2v) is 5.33. The lowest BCUT2D eigenvalue weighted by Crippen LogP contribution is -2.26. The smallest absolute Gasteiger partial charge is 0.101 e. The van der Waals surface area contributed by atoms with E-state index in [2.05, 4.69) is 18.3 Å². The van der Waals surface area contributed by atoms with Crippen LogP contribution in [0.1, 0.15) is 44.6 Å². The second-order valence-electron chi connectivity index (χ2n) is 5.33. The van der Waals surface area contributed by atoms with Crippen molar-refractivity contribution < 1.29 is 0 Å². The van der Waals surface area contributed by atoms with E-state index >= 15 is 0 Å². The van der Waals surface area contributed by atoms with Crippen LogP contribution in [0.5, 0.6) is 0 Å². The van der Waals surface area contributed by atoms with Crippen molar-refractivity contribution in [3.05, 3.63) is 23.8 Å². The van der Waals surface area contributed by atoms with Gasteiger partial charge in [-0.15, -0.1) is 0 Å². The molecule has 0 aromatic heterocycles. The number of nitrogens with two attached hydrogens (primary N) is 1. The Balaban J connectivity index is 2.08. The molecular weight excluding hydrogens is 222 g/mol. The van der Waals surface area contributed by atoms with Crippen LogP contribution in [-0.4, -0.2) is 6.54 Å². The molecule has 0 saturated heterocycles. The molecule has 3 N–H and O–H groups in total. The van der Waals surface area contributed by atoms with E-state index < -0.39 is 0 Å². The zero-order valence-corrected chi connectivity index (χ0v) is 11.0. The first-order valence-corrected chi connectivity index (χ1v) is 6.73. The largest absolute Gasteiger partial charge is 0.399 e. The van der Waals surface area contributed by atoms with Gasteiger partial charge in [0.2, 0.25) is 0 Å². The molecule has 3 nitrogen and oxygen atoms in total. The Morgan fingerprint density at radius 1 is 1.39 bits per heavy atom. The summed E-state index contributed by atoms with van der Waals surface area (Å²) in [6, 6.07) is 7.68. The van der Waals surface area contributed by atoms with Crippen molar-refractivity contribution >= 4 is 11.4 Å². The standard InChI is InChI=1S/C15H21N3/c1-2-15(7-3-4-8-15)11-18-14-6-5-13(17)9-12(14)10-16/h5-6,9,18H,2-4,7-8,11,17H2,1H3. The number of anilines is 2. The number of benzene rings is 1. The summed E-state index contributed by atoms with van der Waals surface area (Å²) in [6.07, 6.45) is 6.47. The van der Waals surface area contributed by atoms with Crippen molar-refractivity contribution in [2.75, 3.05) is 17.6 Å². The number of hydrogen-bond donors (Lipinski definition) is 2. The summed E-state index contributed by atoms with van der Waals surface area (Å²) < 4.78 is 0. The molecule has 1 fully saturated rings. The molecule has 1 aliphatic carbocycles. The van der Waals surface area contributed by atoms with Crippen molar-refractivity contribution in [3.63, 3.8) is 0 Å². The highest BCUT2D eigenvalue weighted by Gasteiger charge is 2.31. The molecule has 0 bridgehead atoms. The molecule has 2 rings (SSSR count). The highest BCUT2D eigenvalue weighted by Crippen LogP contribution is 2.41. The van der Waals surface area contributed by atoms with Crippen LogP contribution >= 0.6 is 0 Å². The van der Waals surface area contributed by atoms with Gasteiger partial charge in [0.15, 0.2) is 0 Å². The highest BCUT2D eigenvalue weighted by atomic mass is 14.9. The minimum absolute atomic E-state index is 0.425. The van der Waals surface area contributed by atoms with Gasteiger partial charge >= 0.3 is 0 Å². The van der Waals surface area contributed by atoms with Crippen LogP contribution in [0.4, 0.5) is 11.4 Å². The third-order valence-corrected chi connectivity index (χ3v) is 4.23. The van der Waals surface area contributed by atoms with Crippen LogP contribution in [-0.2, 0) is 0 Å². The maximum Gasteiger partial charge on any atom is 0.101 e. The van der Waals surface area contributed by atoms with Gasteiger partial charge in [-0.1, -0.05) is 19.8 Å². The number of nitrogens with one attached hydrogen (secondary N) is 1. The van der Waals surface area contributed by atoms with Crippen LogP contribution in [0.3, 0.4) is 0 Å². The topological polar surface area (TPSA) is 61.8 Å². The Kier molecular flexibility index (Phi) is 3.76. The van der Waals surface area contributed by atoms with E-state index in [4.69, 9.17) is 11.0 Å². The molecular formula is C15H21N3. The van der Waals surface area contributed by atoms with E-state index in [1.54, 1.807) is 6.07 Å². The maximum absolute atomic E-state index is 9.11. The van der Waals surface area contributed by atoms with Crippen molar-refractivity contribution in [2.45, 2.75) is 39.0 Å². The number of nitriles is 1. The van der Waals surface area contributed by atoms with Gasteiger partial charge in [-0.25, -0.2) is 0 Å². The number of nitrogen functional groups attached to an aromatic ring is 1. The fourth-order valence-corrected chi connectivity index (χ4v) is 2.87. The molecule has 18 heavy (non-hydrogen) atoms. The molecule has 0 spiro atoms. The lowest BCUT2D eigenvalue weighted by Gasteiger charge is -2.28. The van der Waals surface area contributed by atoms with Gasteiger partial charge in [0.25, 0.3) is 0 Å². The number of nitrogens with zero attached hydrogens (tertiary/aromatic N) is 1. The minimum atomic E-state index is 0.425. The van der Waals surface area contributed by atoms with Crippen LogP contribution in [0, 0.1) is 16.7 Å². The molecule has 0 amide bonds. The summed E-state index contributed by atoms with van der Waals surface area (Å²) in [5.41, 5.74) is 8.31. The fourth-order valence-electron chi connectivity index (χ4n) is 2.87. The van der Waals surface area contributed by atoms with Crippen molar-refractivity contribution in [2.24, 2.45) is 5.41 Å². The lowest BCUT2D eigenvalue weighted by atomic mass is 9.83. The second kappa shape index (κ2) is 5.30. The monoisotopic (exact) mass is 243 g/mol. The van der Waals surface area contributed by atoms with Gasteiger partial charge in [0, 0.05) is 12.2 Å². The van der Waals surface area contributed by atoms with Gasteiger partial charge < -0.3 is 11.1 Å². The Hall–Kier alpha value is -1.69. The van der Waals surface area contributed by atoms with Crippen LogP contribution in [0.2, 0.25) is 0 Å². The molecule has 0 heterocycles. The highest BCUT2D eigenvalue weighted by molar-refractivity contribution is 5.63. The molecule has 0 atom stereocenters. The summed E-state index contributed by atoms with van der Waals surface area (Å²) in [5.74, 6) is 0. The predicted octanol–water partition coefficient (Wildman–Crippen LogP) is 3.52. The van der Waals surface area contributed by atoms with E-state index in [0.717, 1.165) is 12.2 Å². The quantitative estimate of drug-likeness (QED) is 0.795. The Morgan fingerprint density at radius 2 is 2.11 bits per heavy atom. The maximum atomic E-state index is 9.11. The molecule has 0 radical (unpaired) electrons. The molecule has 1 aromatic rings. The molecule has 1 aliphatic rings. The molecule has 0 aliphatic heterocycles. The lowest BCUT2D eigenvalue weighted by molar-refractivity contribution is 0.307. The first kappa shape index (κ1) is 12.8. The summed E-state index contributed by atoms with van der Waals surface area (Å²) in [7, 11) is 0. The van der Waals surface area contributed by atoms with Gasteiger partial charge in [0.05, 0.1) is 11.3 Å². The average molecular weight is 243 g/mol. The van der Waals surface area contributed by atoms with Crippen molar-refractivity contribution in [3.8, 4) is 6.07 Å². The number of rotatable bonds is 4. The summed E-state index contributed by atoms with van der Waals surface area (Å²) in [5, 5.41) is 12.6. The van der Waals surface area contributed by atoms with E-state index in [1.807, 2.05) is 12.1 Å². The van der Waals surface area contributed by atoms with Crippen LogP contribution in [0.25, 0.3) is 0 Å². The molecule has 3 heteroatoms. The molecule has 1 saturated carbocycles. The SMILES string of the molecule is CCC1(CNc2ccc(N)cc2C#N)CCCC1. The Labute approximate surface area is 109 Å². The van der Waals surface area contributed by atoms with Gasteiger partial charge in [-0.3, -0.25) is 0 Å². The normalized spacial score (nSPS) is 17.3. The molecule has 1 aromatic carbocycles. The van der Waals surface area contributed by atoms with Gasteiger partial charge in [-0.05, 0) is 42.9 Å². The Bertz CT molecular complexity index is 453. The van der Waals surface area contributed by atoms with Crippen molar-refractivity contribution in [1.82, 2.24) is 0 Å². The third kappa shape index (κ3) is 2.59. The fraction of sp³-hybridized carbons (Fsp3) is 0.533. The Morgan fingerprint density at radius 3 is 2.72 bits per heavy atom. The minimum Gasteiger partial charge on any atom is -0.399 e. The van der Waals surface area contributed by atoms with E-state index in [9.17, 15) is 0 Å². The summed E-state index contributed by atoms with van der Waals surface area (Å²) in [4.78, 5) is 0. The molecule has 0 unspecified atom stereocenters. The van der Waals surface area contributed by atoms with Gasteiger partial charge in [0.1, 0.15) is 6.07 Å². The number of hydrogen-bond acceptors (Lipinski definition) is 3. The first-order chi connectivity index (χ1) is 8.69. The van der Waals surface area contributed by atoms with Gasteiger partial charge in [-0.2, -0.15) is 5.26 Å². The van der Waals surface area contributed by atoms with Crippen LogP contribution < -0.4 is 11.1 Å². The van der Waals surface area contributed by atoms with E-state index in [-0.39, 0.29) is 0 Å². The zero-order valence-electron chi connectivity index (χ0n) is 11.0. The van der Waals surface area contributed by atoms with Crippen molar-refractivity contribution in [1.29, 1.82) is 5.26 Å². The van der Waals surface area contributed by atoms with Crippen LogP contribution in [0.15, 0.2) is 18.2 Å². The summed E-state index contributed by atoms with van der Waals surface area (Å²) in [6.45, 7) is 3.23. The van der Waals surface area contributed by atoms with E-state index in [0.29, 0.717) is 16.7 Å².